The van der Waals surface area contributed by atoms with E-state index in [2.05, 4.69) is 27.7 Å². The summed E-state index contributed by atoms with van der Waals surface area (Å²) in [5, 5.41) is 0. The predicted octanol–water partition coefficient (Wildman–Crippen LogP) is 23.9. The highest BCUT2D eigenvalue weighted by Gasteiger charge is 2.23. The van der Waals surface area contributed by atoms with Gasteiger partial charge in [0.1, 0.15) is 0 Å². The Morgan fingerprint density at radius 2 is 0.279 bits per heavy atom. The normalized spacial score (nSPS) is 24.2. The summed E-state index contributed by atoms with van der Waals surface area (Å²) in [6.07, 6.45) is 63.1. The topological polar surface area (TPSA) is 0 Å². The molecule has 0 aliphatic heterocycles. The molecule has 6 rings (SSSR count). The van der Waals surface area contributed by atoms with Crippen LogP contribution in [0.15, 0.2) is 0 Å². The molecule has 0 aromatic carbocycles. The Kier molecular flexibility index (Phi) is 64.3. The van der Waals surface area contributed by atoms with Crippen LogP contribution in [0.25, 0.3) is 0 Å². The average Bonchev–Trinajstić information content (AvgIpc) is 3.22. The highest BCUT2D eigenvalue weighted by Crippen LogP contribution is 2.36. The van der Waals surface area contributed by atoms with Crippen molar-refractivity contribution in [2.45, 2.75) is 360 Å². The van der Waals surface area contributed by atoms with Gasteiger partial charge in [-0.1, -0.05) is 360 Å². The molecule has 0 N–H and O–H groups in total. The summed E-state index contributed by atoms with van der Waals surface area (Å²) in [6, 6.07) is 0. The van der Waals surface area contributed by atoms with Crippen molar-refractivity contribution in [2.24, 2.45) is 35.5 Å². The van der Waals surface area contributed by atoms with Gasteiger partial charge in [-0.2, -0.15) is 0 Å². The largest absolute Gasteiger partial charge is 0.0776 e. The molecule has 6 aliphatic carbocycles. The maximum atomic E-state index is 2.45. The molecule has 6 saturated carbocycles. The zero-order valence-corrected chi connectivity index (χ0v) is 45.2. The van der Waals surface area contributed by atoms with Crippen molar-refractivity contribution in [3.05, 3.63) is 0 Å². The molecule has 6 aliphatic rings. The highest BCUT2D eigenvalue weighted by atomic mass is 14.3. The zero-order chi connectivity index (χ0) is 45.2. The van der Waals surface area contributed by atoms with Gasteiger partial charge in [0.15, 0.2) is 0 Å². The van der Waals surface area contributed by atoms with Gasteiger partial charge in [0, 0.05) is 0 Å². The minimum absolute atomic E-state index is 0. The van der Waals surface area contributed by atoms with Crippen LogP contribution in [0.2, 0.25) is 0 Å². The average molecular weight is 864 g/mol. The van der Waals surface area contributed by atoms with Crippen LogP contribution in [0.3, 0.4) is 0 Å². The molecule has 0 atom stereocenters. The summed E-state index contributed by atoms with van der Waals surface area (Å²) >= 11 is 0. The molecular weight excluding hydrogens is 733 g/mol. The lowest BCUT2D eigenvalue weighted by atomic mass is 9.75. The summed E-state index contributed by atoms with van der Waals surface area (Å²) in [6.45, 7) is 25.6. The first-order valence-electron chi connectivity index (χ1n) is 29.5. The second-order valence-corrected chi connectivity index (χ2v) is 20.0. The van der Waals surface area contributed by atoms with Crippen molar-refractivity contribution in [3.8, 4) is 0 Å². The van der Waals surface area contributed by atoms with E-state index in [1.54, 1.807) is 25.7 Å². The van der Waals surface area contributed by atoms with Crippen LogP contribution in [-0.2, 0) is 0 Å². The Morgan fingerprint density at radius 1 is 0.164 bits per heavy atom. The van der Waals surface area contributed by atoms with E-state index in [4.69, 9.17) is 0 Å². The first-order valence-corrected chi connectivity index (χ1v) is 29.5. The number of hydrogen-bond acceptors (Lipinski definition) is 0. The van der Waals surface area contributed by atoms with E-state index in [9.17, 15) is 0 Å². The minimum Gasteiger partial charge on any atom is -0.0776 e. The van der Waals surface area contributed by atoms with Crippen molar-refractivity contribution in [3.63, 3.8) is 0 Å². The number of hydrogen-bond donors (Lipinski definition) is 0. The Hall–Kier alpha value is 0. The monoisotopic (exact) mass is 863 g/mol. The first kappa shape index (κ1) is 67.6. The van der Waals surface area contributed by atoms with Gasteiger partial charge in [-0.3, -0.25) is 0 Å². The van der Waals surface area contributed by atoms with E-state index in [-0.39, 0.29) is 7.43 Å². The molecule has 0 aromatic rings. The first-order chi connectivity index (χ1) is 29.5. The second-order valence-electron chi connectivity index (χ2n) is 20.0. The molecule has 0 nitrogen and oxygen atoms in total. The lowest BCUT2D eigenvalue weighted by Gasteiger charge is -2.31. The van der Waals surface area contributed by atoms with Crippen LogP contribution in [0.4, 0.5) is 0 Å². The molecule has 0 unspecified atom stereocenters. The molecule has 374 valence electrons. The lowest BCUT2D eigenvalue weighted by Crippen LogP contribution is -2.18. The third-order valence-electron chi connectivity index (χ3n) is 14.5. The fraction of sp³-hybridized carbons (Fsp3) is 1.00. The van der Waals surface area contributed by atoms with Gasteiger partial charge in [-0.15, -0.1) is 0 Å². The van der Waals surface area contributed by atoms with Gasteiger partial charge in [0.05, 0.1) is 0 Å². The van der Waals surface area contributed by atoms with E-state index in [1.807, 2.05) is 55.4 Å². The predicted molar refractivity (Wildman–Crippen MR) is 290 cm³/mol. The van der Waals surface area contributed by atoms with Crippen molar-refractivity contribution in [1.82, 2.24) is 0 Å². The van der Waals surface area contributed by atoms with Crippen LogP contribution in [0, 0.1) is 35.5 Å². The van der Waals surface area contributed by atoms with Crippen molar-refractivity contribution >= 4 is 0 Å². The van der Waals surface area contributed by atoms with E-state index >= 15 is 0 Å². The summed E-state index contributed by atoms with van der Waals surface area (Å²) in [5.74, 6) is 6.26. The van der Waals surface area contributed by atoms with Crippen LogP contribution in [-0.4, -0.2) is 0 Å². The van der Waals surface area contributed by atoms with Gasteiger partial charge < -0.3 is 0 Å². The van der Waals surface area contributed by atoms with Gasteiger partial charge in [-0.05, 0) is 35.5 Å². The Morgan fingerprint density at radius 3 is 0.459 bits per heavy atom. The van der Waals surface area contributed by atoms with E-state index < -0.39 is 0 Å². The van der Waals surface area contributed by atoms with E-state index in [0.29, 0.717) is 0 Å². The van der Waals surface area contributed by atoms with Crippen molar-refractivity contribution < 1.29 is 0 Å². The maximum absolute atomic E-state index is 2.45. The minimum atomic E-state index is 0. The number of rotatable bonds is 1. The fourth-order valence-electron chi connectivity index (χ4n) is 10.6. The Balaban J connectivity index is -0.000000327. The van der Waals surface area contributed by atoms with E-state index in [0.717, 1.165) is 35.5 Å². The van der Waals surface area contributed by atoms with Crippen LogP contribution in [0.5, 0.6) is 0 Å². The van der Waals surface area contributed by atoms with Crippen LogP contribution >= 0.6 is 0 Å². The molecule has 0 aromatic heterocycles. The van der Waals surface area contributed by atoms with Gasteiger partial charge in [0.2, 0.25) is 0 Å². The molecule has 0 spiro atoms. The lowest BCUT2D eigenvalue weighted by molar-refractivity contribution is 0.210. The zero-order valence-electron chi connectivity index (χ0n) is 45.2. The third-order valence-corrected chi connectivity index (χ3v) is 14.5. The van der Waals surface area contributed by atoms with Crippen molar-refractivity contribution in [1.29, 1.82) is 0 Å². The quantitative estimate of drug-likeness (QED) is 0.246. The molecule has 6 fully saturated rings. The second kappa shape index (κ2) is 58.0. The van der Waals surface area contributed by atoms with E-state index in [1.165, 1.54) is 244 Å². The summed E-state index contributed by atoms with van der Waals surface area (Å²) in [7, 11) is 0. The fourth-order valence-corrected chi connectivity index (χ4v) is 10.6. The third kappa shape index (κ3) is 49.3. The van der Waals surface area contributed by atoms with Gasteiger partial charge in [0.25, 0.3) is 0 Å². The smallest absolute Gasteiger partial charge is 0.0386 e. The van der Waals surface area contributed by atoms with Gasteiger partial charge in [-0.25, -0.2) is 0 Å². The molecule has 0 saturated heterocycles. The molecule has 0 amide bonds. The SMILES string of the molecule is C.C1CCCCCCC1.CC.CC.CC.CC.CC1CCCC(C2CCCCCCC2)CCC1.CC1CCCCCCC1.CC1CCCCCCC1.CC1CCCCCCC1. The summed E-state index contributed by atoms with van der Waals surface area (Å²) in [5.41, 5.74) is 0. The standard InChI is InChI=1S/C17H32.3C9H18.C8H16.4C2H6.CH4/c1-15-9-7-13-17(14-8-10-15)16-11-5-3-2-4-6-12-16;3*1-9-7-5-3-2-4-6-8-9;1-2-4-6-8-7-5-3-1;4*1-2;/h15-17H,2-14H2,1H3;3*9H,2-8H2,1H3;1-8H2;4*1-2H3;1H4. The summed E-state index contributed by atoms with van der Waals surface area (Å²) < 4.78 is 0. The summed E-state index contributed by atoms with van der Waals surface area (Å²) in [4.78, 5) is 0. The van der Waals surface area contributed by atoms with Crippen LogP contribution < -0.4 is 0 Å². The molecule has 0 bridgehead atoms. The highest BCUT2D eigenvalue weighted by molar-refractivity contribution is 4.75. The molecule has 0 heterocycles. The molecule has 0 radical (unpaired) electrons. The molecular formula is C61H130. The van der Waals surface area contributed by atoms with Gasteiger partial charge >= 0.3 is 0 Å². The maximum Gasteiger partial charge on any atom is -0.0386 e. The Bertz CT molecular complexity index is 595. The molecule has 0 heteroatoms. The van der Waals surface area contributed by atoms with Crippen molar-refractivity contribution in [2.75, 3.05) is 0 Å². The molecule has 61 heavy (non-hydrogen) atoms. The van der Waals surface area contributed by atoms with Crippen LogP contribution in [0.1, 0.15) is 360 Å². The Labute approximate surface area is 394 Å².